The first-order chi connectivity index (χ1) is 10.1. The Morgan fingerprint density at radius 3 is 2.81 bits per heavy atom. The predicted octanol–water partition coefficient (Wildman–Crippen LogP) is 3.99. The van der Waals surface area contributed by atoms with Gasteiger partial charge in [-0.3, -0.25) is 0 Å². The second-order valence-electron chi connectivity index (χ2n) is 6.02. The Bertz CT molecular complexity index is 687. The summed E-state index contributed by atoms with van der Waals surface area (Å²) in [5.74, 6) is 2.74. The highest BCUT2D eigenvalue weighted by molar-refractivity contribution is 9.10. The monoisotopic (exact) mass is 367 g/mol. The summed E-state index contributed by atoms with van der Waals surface area (Å²) in [6.07, 6.45) is 3.68. The minimum atomic E-state index is 0.161. The molecule has 4 unspecified atom stereocenters. The summed E-state index contributed by atoms with van der Waals surface area (Å²) >= 11 is 9.43. The first kappa shape index (κ1) is 13.7. The van der Waals surface area contributed by atoms with E-state index in [4.69, 9.17) is 21.9 Å². The van der Waals surface area contributed by atoms with Crippen LogP contribution in [0.1, 0.15) is 31.1 Å². The molecule has 4 nitrogen and oxygen atoms in total. The number of rotatable bonds is 2. The molecule has 0 saturated heterocycles. The van der Waals surface area contributed by atoms with Crippen LogP contribution >= 0.6 is 27.5 Å². The standard InChI is InChI=1S/C15H15BrClN3O/c16-10-6-9(3-4-11(10)17)14-19-15(21-20-14)12-7-1-2-8(5-7)13(12)18/h3-4,6-8,12-13H,1-2,5,18H2. The van der Waals surface area contributed by atoms with Crippen LogP contribution in [-0.4, -0.2) is 16.2 Å². The Labute approximate surface area is 136 Å². The van der Waals surface area contributed by atoms with Gasteiger partial charge >= 0.3 is 0 Å². The zero-order valence-electron chi connectivity index (χ0n) is 11.3. The maximum absolute atomic E-state index is 6.34. The van der Waals surface area contributed by atoms with Crippen molar-refractivity contribution in [1.82, 2.24) is 10.1 Å². The fourth-order valence-electron chi connectivity index (χ4n) is 3.83. The molecule has 0 radical (unpaired) electrons. The van der Waals surface area contributed by atoms with Gasteiger partial charge in [0.05, 0.1) is 10.9 Å². The lowest BCUT2D eigenvalue weighted by Crippen LogP contribution is -2.34. The SMILES string of the molecule is NC1C2CCC(C2)C1c1nc(-c2ccc(Cl)c(Br)c2)no1. The summed E-state index contributed by atoms with van der Waals surface area (Å²) in [5, 5.41) is 4.78. The fourth-order valence-corrected chi connectivity index (χ4v) is 4.32. The molecule has 2 fully saturated rings. The van der Waals surface area contributed by atoms with E-state index in [9.17, 15) is 0 Å². The number of hydrogen-bond acceptors (Lipinski definition) is 4. The van der Waals surface area contributed by atoms with Crippen LogP contribution in [0.3, 0.4) is 0 Å². The molecule has 1 heterocycles. The molecule has 1 aromatic carbocycles. The van der Waals surface area contributed by atoms with E-state index in [1.54, 1.807) is 0 Å². The van der Waals surface area contributed by atoms with Crippen molar-refractivity contribution in [3.05, 3.63) is 33.6 Å². The molecule has 0 aliphatic heterocycles. The highest BCUT2D eigenvalue weighted by Gasteiger charge is 2.48. The zero-order valence-corrected chi connectivity index (χ0v) is 13.6. The van der Waals surface area contributed by atoms with Gasteiger partial charge in [0, 0.05) is 16.1 Å². The minimum absolute atomic E-state index is 0.161. The first-order valence-electron chi connectivity index (χ1n) is 7.18. The number of nitrogens with two attached hydrogens (primary N) is 1. The lowest BCUT2D eigenvalue weighted by atomic mass is 9.85. The summed E-state index contributed by atoms with van der Waals surface area (Å²) in [4.78, 5) is 4.58. The number of nitrogens with zero attached hydrogens (tertiary/aromatic N) is 2. The summed E-state index contributed by atoms with van der Waals surface area (Å²) < 4.78 is 6.33. The van der Waals surface area contributed by atoms with Gasteiger partial charge in [0.2, 0.25) is 11.7 Å². The average molecular weight is 369 g/mol. The fraction of sp³-hybridized carbons (Fsp3) is 0.467. The molecule has 2 aliphatic carbocycles. The van der Waals surface area contributed by atoms with E-state index in [0.29, 0.717) is 28.6 Å². The summed E-state index contributed by atoms with van der Waals surface area (Å²) in [7, 11) is 0. The van der Waals surface area contributed by atoms with Crippen LogP contribution < -0.4 is 5.73 Å². The van der Waals surface area contributed by atoms with Gasteiger partial charge in [-0.05, 0) is 65.2 Å². The van der Waals surface area contributed by atoms with Crippen molar-refractivity contribution in [1.29, 1.82) is 0 Å². The van der Waals surface area contributed by atoms with E-state index in [1.807, 2.05) is 18.2 Å². The van der Waals surface area contributed by atoms with Crippen LogP contribution in [0.15, 0.2) is 27.2 Å². The van der Waals surface area contributed by atoms with Crippen LogP contribution in [0.2, 0.25) is 5.02 Å². The predicted molar refractivity (Wildman–Crippen MR) is 84.0 cm³/mol. The maximum Gasteiger partial charge on any atom is 0.231 e. The summed E-state index contributed by atoms with van der Waals surface area (Å²) in [5.41, 5.74) is 7.22. The quantitative estimate of drug-likeness (QED) is 0.870. The molecule has 4 rings (SSSR count). The van der Waals surface area contributed by atoms with Gasteiger partial charge in [0.25, 0.3) is 0 Å². The Kier molecular flexibility index (Phi) is 3.32. The van der Waals surface area contributed by atoms with E-state index < -0.39 is 0 Å². The van der Waals surface area contributed by atoms with Gasteiger partial charge in [-0.2, -0.15) is 4.98 Å². The van der Waals surface area contributed by atoms with Gasteiger partial charge in [0.1, 0.15) is 0 Å². The second-order valence-corrected chi connectivity index (χ2v) is 7.28. The Hall–Kier alpha value is -0.910. The van der Waals surface area contributed by atoms with E-state index in [2.05, 4.69) is 26.1 Å². The summed E-state index contributed by atoms with van der Waals surface area (Å²) in [6.45, 7) is 0. The van der Waals surface area contributed by atoms with E-state index >= 15 is 0 Å². The van der Waals surface area contributed by atoms with E-state index in [1.165, 1.54) is 19.3 Å². The largest absolute Gasteiger partial charge is 0.339 e. The third-order valence-electron chi connectivity index (χ3n) is 4.89. The Morgan fingerprint density at radius 2 is 2.10 bits per heavy atom. The number of benzene rings is 1. The van der Waals surface area contributed by atoms with Crippen molar-refractivity contribution in [2.45, 2.75) is 31.2 Å². The molecule has 21 heavy (non-hydrogen) atoms. The van der Waals surface area contributed by atoms with Crippen LogP contribution in [-0.2, 0) is 0 Å². The molecule has 110 valence electrons. The van der Waals surface area contributed by atoms with Crippen molar-refractivity contribution in [2.24, 2.45) is 17.6 Å². The highest BCUT2D eigenvalue weighted by atomic mass is 79.9. The van der Waals surface area contributed by atoms with Crippen molar-refractivity contribution in [3.63, 3.8) is 0 Å². The van der Waals surface area contributed by atoms with Gasteiger partial charge in [-0.1, -0.05) is 16.8 Å². The number of aromatic nitrogens is 2. The zero-order chi connectivity index (χ0) is 14.6. The highest BCUT2D eigenvalue weighted by Crippen LogP contribution is 2.51. The molecule has 0 amide bonds. The molecule has 2 bridgehead atoms. The molecule has 2 N–H and O–H groups in total. The normalized spacial score (nSPS) is 31.0. The van der Waals surface area contributed by atoms with Crippen molar-refractivity contribution < 1.29 is 4.52 Å². The van der Waals surface area contributed by atoms with Gasteiger partial charge in [-0.25, -0.2) is 0 Å². The molecule has 4 atom stereocenters. The topological polar surface area (TPSA) is 64.9 Å². The number of halogens is 2. The van der Waals surface area contributed by atoms with Gasteiger partial charge < -0.3 is 10.3 Å². The molecule has 2 saturated carbocycles. The molecule has 1 aromatic heterocycles. The second kappa shape index (κ2) is 5.07. The lowest BCUT2D eigenvalue weighted by molar-refractivity contribution is 0.279. The van der Waals surface area contributed by atoms with Crippen molar-refractivity contribution >= 4 is 27.5 Å². The van der Waals surface area contributed by atoms with Crippen LogP contribution in [0.25, 0.3) is 11.4 Å². The lowest BCUT2D eigenvalue weighted by Gasteiger charge is -2.24. The smallest absolute Gasteiger partial charge is 0.231 e. The number of fused-ring (bicyclic) bond motifs is 2. The number of hydrogen-bond donors (Lipinski definition) is 1. The Balaban J connectivity index is 1.65. The maximum atomic E-state index is 6.34. The first-order valence-corrected chi connectivity index (χ1v) is 8.35. The minimum Gasteiger partial charge on any atom is -0.339 e. The third kappa shape index (κ3) is 2.22. The molecular weight excluding hydrogens is 354 g/mol. The molecule has 6 heteroatoms. The average Bonchev–Trinajstić information content (AvgIpc) is 3.16. The summed E-state index contributed by atoms with van der Waals surface area (Å²) in [6, 6.07) is 5.77. The third-order valence-corrected chi connectivity index (χ3v) is 6.10. The van der Waals surface area contributed by atoms with Crippen LogP contribution in [0, 0.1) is 11.8 Å². The van der Waals surface area contributed by atoms with Crippen molar-refractivity contribution in [2.75, 3.05) is 0 Å². The van der Waals surface area contributed by atoms with E-state index in [0.717, 1.165) is 10.0 Å². The van der Waals surface area contributed by atoms with E-state index in [-0.39, 0.29) is 12.0 Å². The molecular formula is C15H15BrClN3O. The van der Waals surface area contributed by atoms with Gasteiger partial charge in [-0.15, -0.1) is 0 Å². The van der Waals surface area contributed by atoms with Crippen LogP contribution in [0.4, 0.5) is 0 Å². The van der Waals surface area contributed by atoms with Crippen molar-refractivity contribution in [3.8, 4) is 11.4 Å². The Morgan fingerprint density at radius 1 is 1.29 bits per heavy atom. The molecule has 2 aromatic rings. The van der Waals surface area contributed by atoms with Gasteiger partial charge in [0.15, 0.2) is 0 Å². The molecule has 0 spiro atoms. The van der Waals surface area contributed by atoms with Crippen LogP contribution in [0.5, 0.6) is 0 Å². The molecule has 2 aliphatic rings.